The maximum atomic E-state index is 13.5. The maximum absolute atomic E-state index is 13.5. The van der Waals surface area contributed by atoms with Crippen LogP contribution in [0, 0.1) is 12.7 Å². The molecule has 1 atom stereocenters. The minimum absolute atomic E-state index is 0.120. The summed E-state index contributed by atoms with van der Waals surface area (Å²) in [6.07, 6.45) is 0.577. The number of anilines is 1. The Kier molecular flexibility index (Phi) is 4.67. The number of carbonyl (C=O) groups excluding carboxylic acids is 1. The number of aliphatic hydroxyl groups is 1. The molecule has 100 valence electrons. The number of benzene rings is 1. The molecular weight excluding hydrogens is 235 g/mol. The van der Waals surface area contributed by atoms with Gasteiger partial charge in [-0.2, -0.15) is 0 Å². The molecule has 2 amide bonds. The second-order valence-corrected chi connectivity index (χ2v) is 4.63. The van der Waals surface area contributed by atoms with Crippen molar-refractivity contribution in [1.29, 1.82) is 0 Å². The lowest BCUT2D eigenvalue weighted by Gasteiger charge is -2.27. The molecule has 18 heavy (non-hydrogen) atoms. The number of urea groups is 1. The van der Waals surface area contributed by atoms with Crippen LogP contribution in [0.25, 0.3) is 0 Å². The van der Waals surface area contributed by atoms with Crippen molar-refractivity contribution in [3.8, 4) is 0 Å². The number of aryl methyl sites for hydroxylation is 1. The molecule has 3 N–H and O–H groups in total. The number of nitrogens with one attached hydrogen (secondary N) is 2. The second kappa shape index (κ2) is 5.82. The first kappa shape index (κ1) is 14.4. The predicted octanol–water partition coefficient (Wildman–Crippen LogP) is 2.42. The highest BCUT2D eigenvalue weighted by atomic mass is 19.1. The van der Waals surface area contributed by atoms with E-state index in [0.29, 0.717) is 6.42 Å². The van der Waals surface area contributed by atoms with Gasteiger partial charge in [-0.1, -0.05) is 13.0 Å². The molecule has 0 saturated carbocycles. The van der Waals surface area contributed by atoms with E-state index in [0.717, 1.165) is 5.56 Å². The van der Waals surface area contributed by atoms with Crippen molar-refractivity contribution in [2.24, 2.45) is 0 Å². The lowest BCUT2D eigenvalue weighted by Crippen LogP contribution is -2.50. The predicted molar refractivity (Wildman–Crippen MR) is 69.1 cm³/mol. The van der Waals surface area contributed by atoms with Crippen LogP contribution in [0.15, 0.2) is 18.2 Å². The van der Waals surface area contributed by atoms with Crippen molar-refractivity contribution in [1.82, 2.24) is 5.32 Å². The Balaban J connectivity index is 2.70. The first-order chi connectivity index (χ1) is 8.40. The minimum atomic E-state index is -0.703. The zero-order valence-corrected chi connectivity index (χ0v) is 10.9. The number of hydrogen-bond acceptors (Lipinski definition) is 2. The Labute approximate surface area is 106 Å². The Morgan fingerprint density at radius 2 is 2.17 bits per heavy atom. The average molecular weight is 254 g/mol. The van der Waals surface area contributed by atoms with Gasteiger partial charge in [-0.25, -0.2) is 9.18 Å². The quantitative estimate of drug-likeness (QED) is 0.772. The number of hydrogen-bond donors (Lipinski definition) is 3. The van der Waals surface area contributed by atoms with Crippen LogP contribution in [0.4, 0.5) is 14.9 Å². The van der Waals surface area contributed by atoms with Crippen molar-refractivity contribution < 1.29 is 14.3 Å². The summed E-state index contributed by atoms with van der Waals surface area (Å²) >= 11 is 0. The summed E-state index contributed by atoms with van der Waals surface area (Å²) in [5.41, 5.74) is 0.201. The van der Waals surface area contributed by atoms with Gasteiger partial charge in [-0.15, -0.1) is 0 Å². The lowest BCUT2D eigenvalue weighted by molar-refractivity contribution is 0.172. The van der Waals surface area contributed by atoms with Gasteiger partial charge in [-0.05, 0) is 38.0 Å². The zero-order valence-electron chi connectivity index (χ0n) is 10.9. The molecule has 1 aromatic rings. The van der Waals surface area contributed by atoms with Crippen LogP contribution < -0.4 is 10.6 Å². The molecule has 0 aliphatic carbocycles. The fourth-order valence-corrected chi connectivity index (χ4v) is 1.39. The third-order valence-corrected chi connectivity index (χ3v) is 2.92. The van der Waals surface area contributed by atoms with Crippen LogP contribution in [0.5, 0.6) is 0 Å². The fraction of sp³-hybridized carbons (Fsp3) is 0.462. The smallest absolute Gasteiger partial charge is 0.319 e. The number of rotatable bonds is 4. The SMILES string of the molecule is CCC(C)(CO)NC(=O)Nc1ccc(C)cc1F. The molecule has 0 radical (unpaired) electrons. The van der Waals surface area contributed by atoms with E-state index in [1.165, 1.54) is 12.1 Å². The summed E-state index contributed by atoms with van der Waals surface area (Å²) < 4.78 is 13.5. The molecule has 4 nitrogen and oxygen atoms in total. The molecular formula is C13H19FN2O2. The van der Waals surface area contributed by atoms with E-state index in [9.17, 15) is 14.3 Å². The van der Waals surface area contributed by atoms with Crippen LogP contribution in [-0.2, 0) is 0 Å². The number of amides is 2. The van der Waals surface area contributed by atoms with Crippen LogP contribution in [-0.4, -0.2) is 23.3 Å². The van der Waals surface area contributed by atoms with Gasteiger partial charge in [0.25, 0.3) is 0 Å². The van der Waals surface area contributed by atoms with E-state index >= 15 is 0 Å². The van der Waals surface area contributed by atoms with E-state index in [1.54, 1.807) is 19.9 Å². The Bertz CT molecular complexity index is 431. The lowest BCUT2D eigenvalue weighted by atomic mass is 10.0. The van der Waals surface area contributed by atoms with Gasteiger partial charge in [0.2, 0.25) is 0 Å². The minimum Gasteiger partial charge on any atom is -0.394 e. The summed E-state index contributed by atoms with van der Waals surface area (Å²) in [5, 5.41) is 14.2. The maximum Gasteiger partial charge on any atom is 0.319 e. The van der Waals surface area contributed by atoms with E-state index in [1.807, 2.05) is 6.92 Å². The van der Waals surface area contributed by atoms with Crippen LogP contribution in [0.2, 0.25) is 0 Å². The Morgan fingerprint density at radius 3 is 2.67 bits per heavy atom. The van der Waals surface area contributed by atoms with Gasteiger partial charge < -0.3 is 15.7 Å². The second-order valence-electron chi connectivity index (χ2n) is 4.63. The van der Waals surface area contributed by atoms with Crippen LogP contribution >= 0.6 is 0 Å². The van der Waals surface area contributed by atoms with Gasteiger partial charge in [-0.3, -0.25) is 0 Å². The molecule has 1 unspecified atom stereocenters. The van der Waals surface area contributed by atoms with Gasteiger partial charge in [0, 0.05) is 0 Å². The van der Waals surface area contributed by atoms with E-state index in [-0.39, 0.29) is 12.3 Å². The average Bonchev–Trinajstić information content (AvgIpc) is 2.32. The molecule has 0 bridgehead atoms. The summed E-state index contributed by atoms with van der Waals surface area (Å²) in [6.45, 7) is 5.17. The van der Waals surface area contributed by atoms with Gasteiger partial charge >= 0.3 is 6.03 Å². The van der Waals surface area contributed by atoms with E-state index in [4.69, 9.17) is 0 Å². The first-order valence-corrected chi connectivity index (χ1v) is 5.86. The molecule has 1 rings (SSSR count). The third-order valence-electron chi connectivity index (χ3n) is 2.92. The fourth-order valence-electron chi connectivity index (χ4n) is 1.39. The van der Waals surface area contributed by atoms with Crippen LogP contribution in [0.3, 0.4) is 0 Å². The summed E-state index contributed by atoms with van der Waals surface area (Å²) in [5.74, 6) is -0.479. The summed E-state index contributed by atoms with van der Waals surface area (Å²) in [7, 11) is 0. The zero-order chi connectivity index (χ0) is 13.8. The van der Waals surface area contributed by atoms with Crippen molar-refractivity contribution in [2.45, 2.75) is 32.7 Å². The molecule has 0 spiro atoms. The number of halogens is 1. The summed E-state index contributed by atoms with van der Waals surface area (Å²) in [6, 6.07) is 4.04. The number of aliphatic hydroxyl groups excluding tert-OH is 1. The highest BCUT2D eigenvalue weighted by Gasteiger charge is 2.23. The van der Waals surface area contributed by atoms with Gasteiger partial charge in [0.05, 0.1) is 17.8 Å². The van der Waals surface area contributed by atoms with Crippen molar-refractivity contribution in [2.75, 3.05) is 11.9 Å². The molecule has 0 saturated heterocycles. The van der Waals surface area contributed by atoms with Crippen LogP contribution in [0.1, 0.15) is 25.8 Å². The first-order valence-electron chi connectivity index (χ1n) is 5.86. The number of carbonyl (C=O) groups is 1. The molecule has 0 heterocycles. The molecule has 0 fully saturated rings. The van der Waals surface area contributed by atoms with Crippen molar-refractivity contribution in [3.05, 3.63) is 29.6 Å². The highest BCUT2D eigenvalue weighted by Crippen LogP contribution is 2.15. The largest absolute Gasteiger partial charge is 0.394 e. The molecule has 5 heteroatoms. The van der Waals surface area contributed by atoms with Crippen molar-refractivity contribution in [3.63, 3.8) is 0 Å². The highest BCUT2D eigenvalue weighted by molar-refractivity contribution is 5.89. The topological polar surface area (TPSA) is 61.4 Å². The summed E-state index contributed by atoms with van der Waals surface area (Å²) in [4.78, 5) is 11.7. The Morgan fingerprint density at radius 1 is 1.50 bits per heavy atom. The Hall–Kier alpha value is -1.62. The van der Waals surface area contributed by atoms with E-state index in [2.05, 4.69) is 10.6 Å². The third kappa shape index (κ3) is 3.70. The standard InChI is InChI=1S/C13H19FN2O2/c1-4-13(3,8-17)16-12(18)15-11-6-5-9(2)7-10(11)14/h5-7,17H,4,8H2,1-3H3,(H2,15,16,18). The van der Waals surface area contributed by atoms with Gasteiger partial charge in [0.1, 0.15) is 5.82 Å². The molecule has 0 aliphatic rings. The van der Waals surface area contributed by atoms with Gasteiger partial charge in [0.15, 0.2) is 0 Å². The van der Waals surface area contributed by atoms with Crippen molar-refractivity contribution >= 4 is 11.7 Å². The normalized spacial score (nSPS) is 13.8. The molecule has 0 aliphatic heterocycles. The monoisotopic (exact) mass is 254 g/mol. The van der Waals surface area contributed by atoms with E-state index < -0.39 is 17.4 Å². The molecule has 0 aromatic heterocycles. The molecule has 1 aromatic carbocycles.